The summed E-state index contributed by atoms with van der Waals surface area (Å²) in [6.07, 6.45) is -4.12. The first-order valence-corrected chi connectivity index (χ1v) is 3.11. The summed E-state index contributed by atoms with van der Waals surface area (Å²) in [5, 5.41) is 7.12. The predicted octanol–water partition coefficient (Wildman–Crippen LogP) is 2.35. The number of hydrogen-bond acceptors (Lipinski definition) is 1. The van der Waals surface area contributed by atoms with Crippen molar-refractivity contribution in [2.45, 2.75) is 17.9 Å². The Morgan fingerprint density at radius 2 is 1.60 bits per heavy atom. The Hall–Kier alpha value is 0.330. The molecule has 0 saturated heterocycles. The molecule has 0 bridgehead atoms. The largest absolute Gasteiger partial charge is 0.381 e. The first-order chi connectivity index (χ1) is 4.29. The molecule has 1 nitrogen and oxygen atoms in total. The van der Waals surface area contributed by atoms with Gasteiger partial charge in [0, 0.05) is 0 Å². The van der Waals surface area contributed by atoms with Crippen molar-refractivity contribution in [3.63, 3.8) is 0 Å². The molecule has 0 fully saturated rings. The van der Waals surface area contributed by atoms with Crippen molar-refractivity contribution in [2.24, 2.45) is 0 Å². The molecule has 0 aromatic rings. The molecule has 0 amide bonds. The molecule has 0 aromatic heterocycles. The minimum atomic E-state index is -4.12. The van der Waals surface area contributed by atoms with Crippen molar-refractivity contribution in [1.82, 2.24) is 0 Å². The number of hydrogen-bond donors (Lipinski definition) is 1. The van der Waals surface area contributed by atoms with E-state index in [9.17, 15) is 13.2 Å². The van der Waals surface area contributed by atoms with E-state index in [0.717, 1.165) is 0 Å². The fraction of sp³-hybridized carbons (Fsp3) is 1.00. The van der Waals surface area contributed by atoms with Crippen LogP contribution in [0.2, 0.25) is 0 Å². The molecule has 0 heterocycles. The molecule has 0 aromatic carbocycles. The van der Waals surface area contributed by atoms with Gasteiger partial charge in [0.2, 0.25) is 0 Å². The average Bonchev–Trinajstić information content (AvgIpc) is 1.63. The van der Waals surface area contributed by atoms with Crippen LogP contribution >= 0.6 is 23.2 Å². The summed E-state index contributed by atoms with van der Waals surface area (Å²) in [5.41, 5.74) is 0. The van der Waals surface area contributed by atoms with Gasteiger partial charge in [0.05, 0.1) is 0 Å². The van der Waals surface area contributed by atoms with Gasteiger partial charge in [-0.25, -0.2) is 4.39 Å². The maximum Gasteiger partial charge on any atom is 0.381 e. The second-order valence-electron chi connectivity index (χ2n) is 1.32. The van der Waals surface area contributed by atoms with Gasteiger partial charge in [-0.3, -0.25) is 0 Å². The first kappa shape index (κ1) is 13.0. The standard InChI is InChI=1S/C2H4Cl2.C2H3F3O/c1-2(3)4;3-1-2(4,5)6/h2H,1H3;6H,1H2. The number of halogens is 5. The lowest BCUT2D eigenvalue weighted by atomic mass is 10.7. The van der Waals surface area contributed by atoms with Crippen molar-refractivity contribution in [2.75, 3.05) is 6.67 Å². The topological polar surface area (TPSA) is 20.2 Å². The lowest BCUT2D eigenvalue weighted by Gasteiger charge is -1.97. The number of rotatable bonds is 1. The quantitative estimate of drug-likeness (QED) is 0.642. The van der Waals surface area contributed by atoms with Crippen molar-refractivity contribution in [1.29, 1.82) is 0 Å². The molecular weight excluding hydrogens is 192 g/mol. The molecule has 0 aliphatic rings. The molecule has 0 rings (SSSR count). The highest BCUT2D eigenvalue weighted by molar-refractivity contribution is 6.43. The molecule has 0 unspecified atom stereocenters. The van der Waals surface area contributed by atoms with E-state index in [1.54, 1.807) is 6.92 Å². The van der Waals surface area contributed by atoms with Gasteiger partial charge in [-0.1, -0.05) is 0 Å². The molecule has 64 valence electrons. The van der Waals surface area contributed by atoms with E-state index in [1.165, 1.54) is 0 Å². The molecule has 0 aliphatic carbocycles. The molecule has 6 heteroatoms. The van der Waals surface area contributed by atoms with E-state index in [1.807, 2.05) is 0 Å². The van der Waals surface area contributed by atoms with Gasteiger partial charge in [0.15, 0.2) is 6.67 Å². The van der Waals surface area contributed by atoms with Crippen molar-refractivity contribution >= 4 is 23.2 Å². The predicted molar refractivity (Wildman–Crippen MR) is 34.3 cm³/mol. The van der Waals surface area contributed by atoms with E-state index in [-0.39, 0.29) is 4.84 Å². The van der Waals surface area contributed by atoms with Gasteiger partial charge in [-0.15, -0.1) is 23.2 Å². The summed E-state index contributed by atoms with van der Waals surface area (Å²) >= 11 is 10.1. The third-order valence-electron chi connectivity index (χ3n) is 0.161. The second kappa shape index (κ2) is 6.07. The zero-order valence-corrected chi connectivity index (χ0v) is 6.63. The summed E-state index contributed by atoms with van der Waals surface area (Å²) in [4.78, 5) is -0.222. The molecule has 0 radical (unpaired) electrons. The highest BCUT2D eigenvalue weighted by Gasteiger charge is 2.22. The fourth-order valence-electron chi connectivity index (χ4n) is 0. The fourth-order valence-corrected chi connectivity index (χ4v) is 0. The van der Waals surface area contributed by atoms with E-state index < -0.39 is 12.8 Å². The Labute approximate surface area is 66.7 Å². The summed E-state index contributed by atoms with van der Waals surface area (Å²) in [5.74, 6) is 0. The summed E-state index contributed by atoms with van der Waals surface area (Å²) < 4.78 is 31.8. The zero-order chi connectivity index (χ0) is 8.78. The summed E-state index contributed by atoms with van der Waals surface area (Å²) in [6.45, 7) is -0.309. The summed E-state index contributed by atoms with van der Waals surface area (Å²) in [6, 6.07) is 0. The van der Waals surface area contributed by atoms with Crippen LogP contribution in [0.4, 0.5) is 13.2 Å². The molecule has 1 N–H and O–H groups in total. The van der Waals surface area contributed by atoms with Crippen LogP contribution in [-0.2, 0) is 0 Å². The van der Waals surface area contributed by atoms with Crippen LogP contribution in [0.3, 0.4) is 0 Å². The van der Waals surface area contributed by atoms with E-state index >= 15 is 0 Å². The van der Waals surface area contributed by atoms with Crippen LogP contribution < -0.4 is 0 Å². The van der Waals surface area contributed by atoms with Gasteiger partial charge in [0.1, 0.15) is 4.84 Å². The Bertz CT molecular complexity index is 70.6. The monoisotopic (exact) mass is 198 g/mol. The minimum Gasteiger partial charge on any atom is -0.334 e. The van der Waals surface area contributed by atoms with Crippen molar-refractivity contribution in [3.8, 4) is 0 Å². The van der Waals surface area contributed by atoms with Crippen LogP contribution in [0.15, 0.2) is 0 Å². The zero-order valence-electron chi connectivity index (χ0n) is 5.12. The van der Waals surface area contributed by atoms with Crippen LogP contribution in [0.25, 0.3) is 0 Å². The van der Waals surface area contributed by atoms with E-state index in [2.05, 4.69) is 0 Å². The maximum absolute atomic E-state index is 10.6. The van der Waals surface area contributed by atoms with Gasteiger partial charge >= 0.3 is 6.11 Å². The second-order valence-corrected chi connectivity index (χ2v) is 2.85. The molecule has 10 heavy (non-hydrogen) atoms. The Kier molecular flexibility index (Phi) is 7.86. The third-order valence-corrected chi connectivity index (χ3v) is 0.161. The lowest BCUT2D eigenvalue weighted by Crippen LogP contribution is -2.15. The third kappa shape index (κ3) is 40.4. The molecule has 0 saturated carbocycles. The lowest BCUT2D eigenvalue weighted by molar-refractivity contribution is -0.208. The van der Waals surface area contributed by atoms with Gasteiger partial charge in [-0.05, 0) is 6.92 Å². The average molecular weight is 199 g/mol. The minimum absolute atomic E-state index is 0.222. The van der Waals surface area contributed by atoms with Crippen molar-refractivity contribution in [3.05, 3.63) is 0 Å². The first-order valence-electron chi connectivity index (χ1n) is 2.24. The van der Waals surface area contributed by atoms with Gasteiger partial charge < -0.3 is 5.11 Å². The normalized spacial score (nSPS) is 10.8. The molecule has 0 atom stereocenters. The Morgan fingerprint density at radius 3 is 1.60 bits per heavy atom. The van der Waals surface area contributed by atoms with Crippen LogP contribution in [0.5, 0.6) is 0 Å². The Morgan fingerprint density at radius 1 is 1.50 bits per heavy atom. The van der Waals surface area contributed by atoms with Crippen molar-refractivity contribution < 1.29 is 18.3 Å². The van der Waals surface area contributed by atoms with Crippen LogP contribution in [0.1, 0.15) is 6.92 Å². The number of aliphatic hydroxyl groups is 1. The maximum atomic E-state index is 10.6. The van der Waals surface area contributed by atoms with Crippen LogP contribution in [-0.4, -0.2) is 22.7 Å². The van der Waals surface area contributed by atoms with E-state index in [0.29, 0.717) is 0 Å². The highest BCUT2D eigenvalue weighted by Crippen LogP contribution is 2.06. The van der Waals surface area contributed by atoms with E-state index in [4.69, 9.17) is 28.3 Å². The molecule has 0 spiro atoms. The summed E-state index contributed by atoms with van der Waals surface area (Å²) in [7, 11) is 0. The van der Waals surface area contributed by atoms with Gasteiger partial charge in [-0.2, -0.15) is 8.78 Å². The Balaban J connectivity index is 0. The van der Waals surface area contributed by atoms with Crippen LogP contribution in [0, 0.1) is 0 Å². The number of alkyl halides is 5. The molecular formula is C4H7Cl2F3O. The van der Waals surface area contributed by atoms with Gasteiger partial charge in [0.25, 0.3) is 0 Å². The smallest absolute Gasteiger partial charge is 0.334 e. The SMILES string of the molecule is CC(Cl)Cl.OC(F)(F)CF. The molecule has 0 aliphatic heterocycles. The highest BCUT2D eigenvalue weighted by atomic mass is 35.5.